The number of hydrogen-bond acceptors (Lipinski definition) is 2. The van der Waals surface area contributed by atoms with Gasteiger partial charge in [0.25, 0.3) is 0 Å². The highest BCUT2D eigenvalue weighted by molar-refractivity contribution is 6.08. The Bertz CT molecular complexity index is 838. The van der Waals surface area contributed by atoms with Crippen LogP contribution >= 0.6 is 0 Å². The Hall–Kier alpha value is -1.90. The van der Waals surface area contributed by atoms with E-state index >= 15 is 0 Å². The third-order valence-corrected chi connectivity index (χ3v) is 5.11. The molecule has 0 aliphatic heterocycles. The second-order valence-electron chi connectivity index (χ2n) is 6.34. The molecule has 1 aliphatic rings. The largest absolute Gasteiger partial charge is 0.394 e. The average Bonchev–Trinajstić information content (AvgIpc) is 2.59. The van der Waals surface area contributed by atoms with Crippen molar-refractivity contribution in [2.24, 2.45) is 5.92 Å². The maximum atomic E-state index is 9.91. The van der Waals surface area contributed by atoms with Gasteiger partial charge in [-0.15, -0.1) is 0 Å². The minimum Gasteiger partial charge on any atom is -0.394 e. The molecule has 0 aromatic heterocycles. The van der Waals surface area contributed by atoms with Crippen LogP contribution in [0.3, 0.4) is 0 Å². The van der Waals surface area contributed by atoms with Gasteiger partial charge in [-0.1, -0.05) is 48.5 Å². The fourth-order valence-electron chi connectivity index (χ4n) is 3.87. The maximum Gasteiger partial charge on any atom is 0.0802 e. The predicted octanol–water partition coefficient (Wildman–Crippen LogP) is 3.45. The zero-order chi connectivity index (χ0) is 15.1. The topological polar surface area (TPSA) is 40.5 Å². The SMILES string of the molecule is OCC(O)C1CCc2c(ccc3c2ccc2ccccc23)C1. The van der Waals surface area contributed by atoms with E-state index in [1.165, 1.54) is 32.7 Å². The van der Waals surface area contributed by atoms with Crippen LogP contribution in [-0.4, -0.2) is 22.9 Å². The van der Waals surface area contributed by atoms with Crippen LogP contribution in [0.25, 0.3) is 21.5 Å². The molecule has 0 fully saturated rings. The molecule has 3 aromatic carbocycles. The Kier molecular flexibility index (Phi) is 3.36. The standard InChI is InChI=1S/C20H20O2/c21-12-20(22)15-7-8-17-14(11-15)6-10-18-16-4-2-1-3-13(16)5-9-19(17)18/h1-6,9-10,15,20-22H,7-8,11-12H2. The second kappa shape index (κ2) is 5.38. The Morgan fingerprint density at radius 1 is 0.955 bits per heavy atom. The number of hydrogen-bond donors (Lipinski definition) is 2. The molecule has 2 nitrogen and oxygen atoms in total. The van der Waals surface area contributed by atoms with Crippen LogP contribution in [0.1, 0.15) is 17.5 Å². The third kappa shape index (κ3) is 2.11. The van der Waals surface area contributed by atoms with E-state index in [1.807, 2.05) is 0 Å². The zero-order valence-corrected chi connectivity index (χ0v) is 12.5. The van der Waals surface area contributed by atoms with Crippen molar-refractivity contribution in [3.8, 4) is 0 Å². The molecule has 2 unspecified atom stereocenters. The molecule has 2 atom stereocenters. The molecule has 112 valence electrons. The van der Waals surface area contributed by atoms with Crippen molar-refractivity contribution in [1.82, 2.24) is 0 Å². The van der Waals surface area contributed by atoms with Gasteiger partial charge in [0.15, 0.2) is 0 Å². The monoisotopic (exact) mass is 292 g/mol. The Morgan fingerprint density at radius 3 is 2.64 bits per heavy atom. The first-order valence-electron chi connectivity index (χ1n) is 7.99. The van der Waals surface area contributed by atoms with Crippen LogP contribution in [0.2, 0.25) is 0 Å². The van der Waals surface area contributed by atoms with Gasteiger partial charge in [-0.05, 0) is 57.9 Å². The van der Waals surface area contributed by atoms with Gasteiger partial charge < -0.3 is 10.2 Å². The van der Waals surface area contributed by atoms with Crippen LogP contribution < -0.4 is 0 Å². The van der Waals surface area contributed by atoms with Gasteiger partial charge in [-0.3, -0.25) is 0 Å². The van der Waals surface area contributed by atoms with Crippen LogP contribution in [0, 0.1) is 5.92 Å². The Labute approximate surface area is 130 Å². The quantitative estimate of drug-likeness (QED) is 0.710. The van der Waals surface area contributed by atoms with E-state index in [1.54, 1.807) is 0 Å². The molecule has 0 radical (unpaired) electrons. The smallest absolute Gasteiger partial charge is 0.0802 e. The van der Waals surface area contributed by atoms with Crippen molar-refractivity contribution in [3.63, 3.8) is 0 Å². The summed E-state index contributed by atoms with van der Waals surface area (Å²) in [4.78, 5) is 0. The molecule has 2 heteroatoms. The lowest BCUT2D eigenvalue weighted by Crippen LogP contribution is -2.29. The van der Waals surface area contributed by atoms with Gasteiger partial charge in [0.1, 0.15) is 0 Å². The van der Waals surface area contributed by atoms with Crippen molar-refractivity contribution >= 4 is 21.5 Å². The summed E-state index contributed by atoms with van der Waals surface area (Å²) in [6.45, 7) is -0.141. The van der Waals surface area contributed by atoms with E-state index in [2.05, 4.69) is 48.5 Å². The second-order valence-corrected chi connectivity index (χ2v) is 6.34. The normalized spacial score (nSPS) is 19.3. The van der Waals surface area contributed by atoms with E-state index in [0.717, 1.165) is 19.3 Å². The van der Waals surface area contributed by atoms with Gasteiger partial charge >= 0.3 is 0 Å². The molecular weight excluding hydrogens is 272 g/mol. The summed E-state index contributed by atoms with van der Waals surface area (Å²) < 4.78 is 0. The molecule has 0 amide bonds. The van der Waals surface area contributed by atoms with Gasteiger partial charge in [0.2, 0.25) is 0 Å². The fourth-order valence-corrected chi connectivity index (χ4v) is 3.87. The molecule has 0 saturated heterocycles. The van der Waals surface area contributed by atoms with Gasteiger partial charge in [0, 0.05) is 0 Å². The first kappa shape index (κ1) is 13.7. The molecule has 4 rings (SSSR count). The lowest BCUT2D eigenvalue weighted by atomic mass is 9.79. The van der Waals surface area contributed by atoms with Crippen molar-refractivity contribution < 1.29 is 10.2 Å². The van der Waals surface area contributed by atoms with Gasteiger partial charge in [-0.25, -0.2) is 0 Å². The fraction of sp³-hybridized carbons (Fsp3) is 0.300. The highest BCUT2D eigenvalue weighted by atomic mass is 16.3. The molecule has 0 saturated carbocycles. The van der Waals surface area contributed by atoms with Gasteiger partial charge in [0.05, 0.1) is 12.7 Å². The molecule has 2 N–H and O–H groups in total. The van der Waals surface area contributed by atoms with Crippen LogP contribution in [-0.2, 0) is 12.8 Å². The Morgan fingerprint density at radius 2 is 1.77 bits per heavy atom. The molecular formula is C20H20O2. The van der Waals surface area contributed by atoms with Crippen LogP contribution in [0.4, 0.5) is 0 Å². The van der Waals surface area contributed by atoms with Gasteiger partial charge in [-0.2, -0.15) is 0 Å². The van der Waals surface area contributed by atoms with E-state index in [0.29, 0.717) is 0 Å². The summed E-state index contributed by atoms with van der Waals surface area (Å²) in [6.07, 6.45) is 2.19. The maximum absolute atomic E-state index is 9.91. The predicted molar refractivity (Wildman–Crippen MR) is 90.1 cm³/mol. The first-order chi connectivity index (χ1) is 10.8. The summed E-state index contributed by atoms with van der Waals surface area (Å²) in [5.41, 5.74) is 2.75. The summed E-state index contributed by atoms with van der Waals surface area (Å²) in [6, 6.07) is 17.4. The number of rotatable bonds is 2. The number of aryl methyl sites for hydroxylation is 1. The molecule has 22 heavy (non-hydrogen) atoms. The third-order valence-electron chi connectivity index (χ3n) is 5.11. The number of benzene rings is 3. The minimum absolute atomic E-state index is 0.141. The number of aliphatic hydroxyl groups excluding tert-OH is 2. The molecule has 3 aromatic rings. The van der Waals surface area contributed by atoms with Crippen LogP contribution in [0.15, 0.2) is 48.5 Å². The minimum atomic E-state index is -0.597. The van der Waals surface area contributed by atoms with Crippen molar-refractivity contribution in [3.05, 3.63) is 59.7 Å². The summed E-state index contributed by atoms with van der Waals surface area (Å²) in [5.74, 6) is 0.176. The first-order valence-corrected chi connectivity index (χ1v) is 7.99. The van der Waals surface area contributed by atoms with E-state index in [4.69, 9.17) is 0 Å². The molecule has 0 bridgehead atoms. The molecule has 0 heterocycles. The van der Waals surface area contributed by atoms with Crippen molar-refractivity contribution in [1.29, 1.82) is 0 Å². The highest BCUT2D eigenvalue weighted by Crippen LogP contribution is 2.35. The van der Waals surface area contributed by atoms with E-state index in [-0.39, 0.29) is 12.5 Å². The summed E-state index contributed by atoms with van der Waals surface area (Å²) in [7, 11) is 0. The Balaban J connectivity index is 1.86. The molecule has 1 aliphatic carbocycles. The lowest BCUT2D eigenvalue weighted by Gasteiger charge is -2.28. The average molecular weight is 292 g/mol. The zero-order valence-electron chi connectivity index (χ0n) is 12.5. The van der Waals surface area contributed by atoms with Crippen molar-refractivity contribution in [2.75, 3.05) is 6.61 Å². The molecule has 0 spiro atoms. The van der Waals surface area contributed by atoms with E-state index in [9.17, 15) is 10.2 Å². The summed E-state index contributed by atoms with van der Waals surface area (Å²) in [5, 5.41) is 24.3. The number of aliphatic hydroxyl groups is 2. The lowest BCUT2D eigenvalue weighted by molar-refractivity contribution is 0.0418. The number of fused-ring (bicyclic) bond motifs is 5. The summed E-state index contributed by atoms with van der Waals surface area (Å²) >= 11 is 0. The van der Waals surface area contributed by atoms with E-state index < -0.39 is 6.10 Å². The van der Waals surface area contributed by atoms with Crippen LogP contribution in [0.5, 0.6) is 0 Å². The highest BCUT2D eigenvalue weighted by Gasteiger charge is 2.25. The van der Waals surface area contributed by atoms with Crippen molar-refractivity contribution in [2.45, 2.75) is 25.4 Å².